The van der Waals surface area contributed by atoms with Crippen LogP contribution in [0.4, 0.5) is 0 Å². The van der Waals surface area contributed by atoms with Crippen molar-refractivity contribution in [1.82, 2.24) is 0 Å². The van der Waals surface area contributed by atoms with Gasteiger partial charge in [0, 0.05) is 25.7 Å². The van der Waals surface area contributed by atoms with Crippen molar-refractivity contribution < 1.29 is 80.2 Å². The predicted octanol–water partition coefficient (Wildman–Crippen LogP) is 21.9. The molecule has 3 N–H and O–H groups in total. The Hall–Kier alpha value is -5.06. The second kappa shape index (κ2) is 72.3. The number of phosphoric acid groups is 2. The molecule has 0 fully saturated rings. The van der Waals surface area contributed by atoms with Gasteiger partial charge in [-0.1, -0.05) is 302 Å². The van der Waals surface area contributed by atoms with E-state index in [-0.39, 0.29) is 25.7 Å². The van der Waals surface area contributed by atoms with Crippen molar-refractivity contribution in [2.45, 2.75) is 303 Å². The molecule has 0 aliphatic rings. The van der Waals surface area contributed by atoms with Crippen molar-refractivity contribution in [2.24, 2.45) is 0 Å². The second-order valence-corrected chi connectivity index (χ2v) is 27.7. The molecule has 0 bridgehead atoms. The quantitative estimate of drug-likeness (QED) is 0.0169. The van der Waals surface area contributed by atoms with Gasteiger partial charge < -0.3 is 33.8 Å². The average Bonchev–Trinajstić information content (AvgIpc) is 0.953. The van der Waals surface area contributed by atoms with Crippen molar-refractivity contribution >= 4 is 39.5 Å². The van der Waals surface area contributed by atoms with Gasteiger partial charge in [-0.2, -0.15) is 0 Å². The van der Waals surface area contributed by atoms with Crippen LogP contribution in [0.2, 0.25) is 0 Å². The van der Waals surface area contributed by atoms with Gasteiger partial charge in [-0.15, -0.1) is 0 Å². The molecule has 0 aromatic carbocycles. The van der Waals surface area contributed by atoms with Crippen LogP contribution in [0.3, 0.4) is 0 Å². The lowest BCUT2D eigenvalue weighted by Gasteiger charge is -2.21. The normalized spacial score (nSPS) is 14.8. The Balaban J connectivity index is 5.40. The molecule has 0 aliphatic heterocycles. The monoisotopic (exact) mass is 1440 g/mol. The minimum Gasteiger partial charge on any atom is -0.462 e. The molecule has 100 heavy (non-hydrogen) atoms. The van der Waals surface area contributed by atoms with Gasteiger partial charge in [0.15, 0.2) is 12.2 Å². The third kappa shape index (κ3) is 71.3. The number of aliphatic hydroxyl groups excluding tert-OH is 1. The molecule has 0 spiro atoms. The number of hydrogen-bond donors (Lipinski definition) is 3. The SMILES string of the molecule is CC/C=C\C/C=C\C/C=C\C/C=C\C/C=C\C/C=C\CCC(=O)OCC(COP(=O)(O)OCC(O)COP(=O)(O)OCC(COC(=O)CC/C=C\C/C=C\C/C=C\C/C=C\C/C=C\C/C=C\CC)OC(=O)CCCCCCCCCCCCC)OC(=O)CCCCCCCCCCCCC. The van der Waals surface area contributed by atoms with Crippen LogP contribution >= 0.6 is 15.6 Å². The molecular weight excluding hydrogens is 1310 g/mol. The number of ether oxygens (including phenoxy) is 4. The van der Waals surface area contributed by atoms with E-state index in [1.165, 1.54) is 77.0 Å². The summed E-state index contributed by atoms with van der Waals surface area (Å²) in [5.74, 6) is -2.37. The zero-order valence-corrected chi connectivity index (χ0v) is 63.9. The number of carbonyl (C=O) groups is 4. The van der Waals surface area contributed by atoms with E-state index in [0.29, 0.717) is 38.5 Å². The second-order valence-electron chi connectivity index (χ2n) is 24.8. The van der Waals surface area contributed by atoms with Gasteiger partial charge in [0.2, 0.25) is 0 Å². The number of hydrogen-bond acceptors (Lipinski definition) is 15. The van der Waals surface area contributed by atoms with E-state index in [1.54, 1.807) is 0 Å². The van der Waals surface area contributed by atoms with Crippen LogP contribution in [0.15, 0.2) is 146 Å². The Morgan fingerprint density at radius 3 is 0.780 bits per heavy atom. The first-order valence-corrected chi connectivity index (χ1v) is 41.1. The lowest BCUT2D eigenvalue weighted by Crippen LogP contribution is -2.30. The van der Waals surface area contributed by atoms with E-state index in [2.05, 4.69) is 137 Å². The number of esters is 4. The molecule has 570 valence electrons. The van der Waals surface area contributed by atoms with Gasteiger partial charge in [0.1, 0.15) is 19.3 Å². The first kappa shape index (κ1) is 94.9. The first-order chi connectivity index (χ1) is 48.7. The highest BCUT2D eigenvalue weighted by Crippen LogP contribution is 2.45. The Labute approximate surface area is 605 Å². The Morgan fingerprint density at radius 2 is 0.520 bits per heavy atom. The lowest BCUT2D eigenvalue weighted by atomic mass is 10.1. The van der Waals surface area contributed by atoms with Gasteiger partial charge in [-0.3, -0.25) is 37.3 Å². The standard InChI is InChI=1S/C81H134O17P2/c1-5-9-13-17-21-25-29-31-33-35-37-39-41-43-47-49-53-57-61-65-78(83)91-71-76(97-80(85)67-63-59-55-51-45-27-23-19-15-11-7-3)73-95-99(87,88)93-69-75(82)70-94-100(89,90)96-74-77(98-81(86)68-64-60-56-52-46-28-24-20-16-12-8-4)72-92-79(84)66-62-58-54-50-48-44-42-40-38-36-34-32-30-26-22-18-14-10-6-2/h9-10,13-14,21-22,25-26,31-34,37-40,43-44,47-48,53-54,57-58,75-77,82H,5-8,11-12,15-20,23-24,27-30,35-36,41-42,45-46,49-52,55-56,59-74H2,1-4H3,(H,87,88)(H,89,90)/b13-9-,14-10-,25-21-,26-22-,33-31-,34-32-,39-37-,40-38-,47-43-,48-44-,57-53-,58-54-. The minimum atomic E-state index is -4.99. The van der Waals surface area contributed by atoms with Gasteiger partial charge in [0.05, 0.1) is 26.4 Å². The highest BCUT2D eigenvalue weighted by molar-refractivity contribution is 7.47. The van der Waals surface area contributed by atoms with E-state index in [4.69, 9.17) is 37.0 Å². The summed E-state index contributed by atoms with van der Waals surface area (Å²) < 4.78 is 68.2. The van der Waals surface area contributed by atoms with Crippen molar-refractivity contribution in [2.75, 3.05) is 39.6 Å². The number of phosphoric ester groups is 2. The molecular formula is C81H134O17P2. The lowest BCUT2D eigenvalue weighted by molar-refractivity contribution is -0.161. The molecule has 17 nitrogen and oxygen atoms in total. The molecule has 0 aromatic heterocycles. The van der Waals surface area contributed by atoms with E-state index < -0.39 is 97.5 Å². The summed E-state index contributed by atoms with van der Waals surface area (Å²) in [7, 11) is -9.99. The molecule has 0 saturated carbocycles. The van der Waals surface area contributed by atoms with Crippen molar-refractivity contribution in [3.63, 3.8) is 0 Å². The maximum absolute atomic E-state index is 13.1. The van der Waals surface area contributed by atoms with Crippen molar-refractivity contribution in [3.05, 3.63) is 146 Å². The molecule has 4 unspecified atom stereocenters. The van der Waals surface area contributed by atoms with E-state index in [1.807, 2.05) is 36.5 Å². The number of rotatable bonds is 70. The summed E-state index contributed by atoms with van der Waals surface area (Å²) in [5.41, 5.74) is 0. The van der Waals surface area contributed by atoms with Crippen LogP contribution in [0, 0.1) is 0 Å². The number of carbonyl (C=O) groups excluding carboxylic acids is 4. The smallest absolute Gasteiger partial charge is 0.462 e. The highest BCUT2D eigenvalue weighted by Gasteiger charge is 2.30. The molecule has 0 heterocycles. The maximum atomic E-state index is 13.1. The summed E-state index contributed by atoms with van der Waals surface area (Å²) in [6, 6.07) is 0. The molecule has 4 atom stereocenters. The fourth-order valence-corrected chi connectivity index (χ4v) is 11.2. The van der Waals surface area contributed by atoms with Crippen molar-refractivity contribution in [3.8, 4) is 0 Å². The van der Waals surface area contributed by atoms with Crippen LogP contribution in [-0.2, 0) is 65.4 Å². The van der Waals surface area contributed by atoms with Crippen molar-refractivity contribution in [1.29, 1.82) is 0 Å². The fourth-order valence-electron chi connectivity index (χ4n) is 9.62. The third-order valence-electron chi connectivity index (χ3n) is 15.4. The average molecular weight is 1440 g/mol. The zero-order valence-electron chi connectivity index (χ0n) is 62.1. The summed E-state index contributed by atoms with van der Waals surface area (Å²) in [6.45, 7) is 4.44. The van der Waals surface area contributed by atoms with Gasteiger partial charge in [-0.25, -0.2) is 9.13 Å². The number of aliphatic hydroxyl groups is 1. The molecule has 0 aliphatic carbocycles. The largest absolute Gasteiger partial charge is 0.472 e. The first-order valence-electron chi connectivity index (χ1n) is 38.1. The van der Waals surface area contributed by atoms with Crippen LogP contribution in [0.1, 0.15) is 285 Å². The van der Waals surface area contributed by atoms with Crippen LogP contribution in [-0.4, -0.2) is 96.7 Å². The summed E-state index contributed by atoms with van der Waals surface area (Å²) in [6.07, 6.45) is 81.7. The van der Waals surface area contributed by atoms with Gasteiger partial charge in [0.25, 0.3) is 0 Å². The summed E-state index contributed by atoms with van der Waals surface area (Å²) in [4.78, 5) is 72.7. The minimum absolute atomic E-state index is 0.0333. The molecule has 0 saturated heterocycles. The Morgan fingerprint density at radius 1 is 0.290 bits per heavy atom. The van der Waals surface area contributed by atoms with Gasteiger partial charge in [-0.05, 0) is 103 Å². The highest BCUT2D eigenvalue weighted by atomic mass is 31.2. The zero-order chi connectivity index (χ0) is 73.2. The topological polar surface area (TPSA) is 237 Å². The summed E-state index contributed by atoms with van der Waals surface area (Å²) in [5, 5.41) is 10.6. The predicted molar refractivity (Wildman–Crippen MR) is 408 cm³/mol. The van der Waals surface area contributed by atoms with E-state index in [0.717, 1.165) is 116 Å². The Kier molecular flexibility index (Phi) is 68.6. The molecule has 19 heteroatoms. The third-order valence-corrected chi connectivity index (χ3v) is 17.3. The fraction of sp³-hybridized carbons (Fsp3) is 0.654. The van der Waals surface area contributed by atoms with Crippen LogP contribution < -0.4 is 0 Å². The maximum Gasteiger partial charge on any atom is 0.472 e. The number of allylic oxidation sites excluding steroid dienone is 24. The van der Waals surface area contributed by atoms with E-state index >= 15 is 0 Å². The summed E-state index contributed by atoms with van der Waals surface area (Å²) >= 11 is 0. The molecule has 0 amide bonds. The molecule has 0 aromatic rings. The van der Waals surface area contributed by atoms with Gasteiger partial charge >= 0.3 is 39.5 Å². The van der Waals surface area contributed by atoms with Crippen LogP contribution in [0.25, 0.3) is 0 Å². The van der Waals surface area contributed by atoms with Crippen LogP contribution in [0.5, 0.6) is 0 Å². The molecule has 0 radical (unpaired) electrons. The van der Waals surface area contributed by atoms with E-state index in [9.17, 15) is 43.2 Å². The molecule has 0 rings (SSSR count). The number of unbranched alkanes of at least 4 members (excludes halogenated alkanes) is 20. The Bertz CT molecular complexity index is 2300.